The Morgan fingerprint density at radius 2 is 1.72 bits per heavy atom. The number of carbonyl (C=O) groups is 3. The number of hydrogen-bond acceptors (Lipinski definition) is 10. The summed E-state index contributed by atoms with van der Waals surface area (Å²) in [6.07, 6.45) is 1.44. The number of ether oxygens (including phenoxy) is 4. The van der Waals surface area contributed by atoms with Gasteiger partial charge in [-0.2, -0.15) is 0 Å². The van der Waals surface area contributed by atoms with Crippen molar-refractivity contribution in [1.82, 2.24) is 4.98 Å². The molecule has 236 valence electrons. The SMILES string of the molecule is C=CCOC(=O)c1sc(N2C(=O)C(=O)/C(=C(/O)c3ccc(OCc4ccccc4)c(C)c3)C2c2ccc(OC)c(OC)c2)nc1C. The first-order chi connectivity index (χ1) is 22.2. The molecule has 10 nitrogen and oxygen atoms in total. The molecule has 1 atom stereocenters. The van der Waals surface area contributed by atoms with E-state index in [1.54, 1.807) is 43.3 Å². The smallest absolute Gasteiger partial charge is 0.350 e. The number of methoxy groups -OCH3 is 2. The van der Waals surface area contributed by atoms with Crippen LogP contribution in [0.4, 0.5) is 5.13 Å². The zero-order valence-corrected chi connectivity index (χ0v) is 26.6. The molecule has 1 N–H and O–H groups in total. The predicted molar refractivity (Wildman–Crippen MR) is 174 cm³/mol. The van der Waals surface area contributed by atoms with Crippen molar-refractivity contribution in [3.8, 4) is 17.2 Å². The topological polar surface area (TPSA) is 124 Å². The quantitative estimate of drug-likeness (QED) is 0.0659. The van der Waals surface area contributed by atoms with Crippen LogP contribution in [0.3, 0.4) is 0 Å². The zero-order valence-electron chi connectivity index (χ0n) is 25.7. The van der Waals surface area contributed by atoms with Crippen molar-refractivity contribution in [2.24, 2.45) is 0 Å². The molecule has 1 saturated heterocycles. The molecule has 1 aliphatic heterocycles. The normalized spacial score (nSPS) is 15.5. The van der Waals surface area contributed by atoms with Gasteiger partial charge in [0.25, 0.3) is 5.78 Å². The summed E-state index contributed by atoms with van der Waals surface area (Å²) in [6.45, 7) is 7.34. The van der Waals surface area contributed by atoms with Gasteiger partial charge in [-0.1, -0.05) is 60.4 Å². The molecule has 0 spiro atoms. The highest BCUT2D eigenvalue weighted by atomic mass is 32.1. The molecule has 1 amide bonds. The molecular formula is C35H32N2O8S. The molecule has 0 aliphatic carbocycles. The van der Waals surface area contributed by atoms with Gasteiger partial charge in [-0.15, -0.1) is 0 Å². The summed E-state index contributed by atoms with van der Waals surface area (Å²) in [7, 11) is 2.96. The van der Waals surface area contributed by atoms with Crippen LogP contribution in [0.1, 0.15) is 43.7 Å². The molecule has 3 aromatic carbocycles. The second-order valence-electron chi connectivity index (χ2n) is 10.3. The summed E-state index contributed by atoms with van der Waals surface area (Å²) in [5, 5.41) is 11.8. The second-order valence-corrected chi connectivity index (χ2v) is 11.3. The van der Waals surface area contributed by atoms with Gasteiger partial charge in [-0.3, -0.25) is 14.5 Å². The first-order valence-electron chi connectivity index (χ1n) is 14.2. The van der Waals surface area contributed by atoms with E-state index in [0.29, 0.717) is 40.7 Å². The summed E-state index contributed by atoms with van der Waals surface area (Å²) in [6, 6.07) is 18.6. The van der Waals surface area contributed by atoms with E-state index in [0.717, 1.165) is 22.5 Å². The molecule has 1 aromatic heterocycles. The lowest BCUT2D eigenvalue weighted by atomic mass is 9.94. The number of Topliss-reactive ketones (excluding diaryl/α,β-unsaturated/α-hetero) is 1. The second kappa shape index (κ2) is 13.7. The molecule has 1 aliphatic rings. The largest absolute Gasteiger partial charge is 0.507 e. The van der Waals surface area contributed by atoms with Crippen molar-refractivity contribution < 1.29 is 38.4 Å². The monoisotopic (exact) mass is 640 g/mol. The highest BCUT2D eigenvalue weighted by molar-refractivity contribution is 7.17. The van der Waals surface area contributed by atoms with Crippen LogP contribution in [-0.4, -0.2) is 48.6 Å². The van der Waals surface area contributed by atoms with Crippen LogP contribution in [0, 0.1) is 13.8 Å². The molecule has 2 heterocycles. The lowest BCUT2D eigenvalue weighted by Gasteiger charge is -2.24. The van der Waals surface area contributed by atoms with Crippen LogP contribution < -0.4 is 19.1 Å². The molecule has 5 rings (SSSR count). The van der Waals surface area contributed by atoms with Gasteiger partial charge >= 0.3 is 11.9 Å². The Kier molecular flexibility index (Phi) is 9.53. The number of aliphatic hydroxyl groups excluding tert-OH is 1. The van der Waals surface area contributed by atoms with Crippen LogP contribution in [0.5, 0.6) is 17.2 Å². The maximum absolute atomic E-state index is 13.7. The van der Waals surface area contributed by atoms with Crippen molar-refractivity contribution in [3.05, 3.63) is 118 Å². The summed E-state index contributed by atoms with van der Waals surface area (Å²) >= 11 is 0.911. The maximum atomic E-state index is 13.7. The molecule has 4 aromatic rings. The Morgan fingerprint density at radius 3 is 2.39 bits per heavy atom. The van der Waals surface area contributed by atoms with Crippen LogP contribution >= 0.6 is 11.3 Å². The van der Waals surface area contributed by atoms with E-state index in [1.165, 1.54) is 25.2 Å². The van der Waals surface area contributed by atoms with E-state index >= 15 is 0 Å². The van der Waals surface area contributed by atoms with Crippen LogP contribution in [-0.2, 0) is 20.9 Å². The van der Waals surface area contributed by atoms with E-state index in [-0.39, 0.29) is 27.9 Å². The lowest BCUT2D eigenvalue weighted by Crippen LogP contribution is -2.29. The average Bonchev–Trinajstić information content (AvgIpc) is 3.58. The fourth-order valence-corrected chi connectivity index (χ4v) is 6.08. The minimum absolute atomic E-state index is 0.00281. The highest BCUT2D eigenvalue weighted by Crippen LogP contribution is 2.45. The molecule has 1 unspecified atom stereocenters. The molecule has 11 heteroatoms. The summed E-state index contributed by atoms with van der Waals surface area (Å²) < 4.78 is 22.1. The van der Waals surface area contributed by atoms with Gasteiger partial charge < -0.3 is 24.1 Å². The molecule has 0 radical (unpaired) electrons. The number of anilines is 1. The first-order valence-corrected chi connectivity index (χ1v) is 15.1. The molecule has 46 heavy (non-hydrogen) atoms. The van der Waals surface area contributed by atoms with Gasteiger partial charge in [0.1, 0.15) is 29.6 Å². The van der Waals surface area contributed by atoms with Crippen molar-refractivity contribution in [2.75, 3.05) is 25.7 Å². The zero-order chi connectivity index (χ0) is 33.0. The predicted octanol–water partition coefficient (Wildman–Crippen LogP) is 6.33. The number of aromatic nitrogens is 1. The molecule has 1 fully saturated rings. The maximum Gasteiger partial charge on any atom is 0.350 e. The first kappa shape index (κ1) is 32.0. The standard InChI is InChI=1S/C35H32N2O8S/c1-6-16-44-34(41)32-21(3)36-35(46-32)37-29(23-12-15-26(42-4)27(18-23)43-5)28(31(39)33(37)40)30(38)24-13-14-25(20(2)17-24)45-19-22-10-8-7-9-11-22/h6-15,17-18,29,38H,1,16,19H2,2-5H3/b30-28+. The molecule has 0 saturated carbocycles. The van der Waals surface area contributed by atoms with Crippen molar-refractivity contribution >= 4 is 39.9 Å². The number of rotatable bonds is 11. The Labute approximate surface area is 270 Å². The number of amides is 1. The Balaban J connectivity index is 1.60. The molecular weight excluding hydrogens is 608 g/mol. The van der Waals surface area contributed by atoms with E-state index in [1.807, 2.05) is 37.3 Å². The number of hydrogen-bond donors (Lipinski definition) is 1. The fourth-order valence-electron chi connectivity index (χ4n) is 5.09. The van der Waals surface area contributed by atoms with Gasteiger partial charge in [0, 0.05) is 5.56 Å². The number of carbonyl (C=O) groups excluding carboxylic acids is 3. The number of benzene rings is 3. The number of ketones is 1. The van der Waals surface area contributed by atoms with E-state index in [4.69, 9.17) is 18.9 Å². The number of nitrogens with zero attached hydrogens (tertiary/aromatic N) is 2. The fraction of sp³-hybridized carbons (Fsp3) is 0.200. The Bertz CT molecular complexity index is 1850. The van der Waals surface area contributed by atoms with Crippen LogP contribution in [0.15, 0.2) is 85.0 Å². The van der Waals surface area contributed by atoms with Crippen molar-refractivity contribution in [2.45, 2.75) is 26.5 Å². The van der Waals surface area contributed by atoms with Gasteiger partial charge in [0.05, 0.1) is 31.5 Å². The highest BCUT2D eigenvalue weighted by Gasteiger charge is 2.48. The summed E-state index contributed by atoms with van der Waals surface area (Å²) in [4.78, 5) is 45.9. The van der Waals surface area contributed by atoms with Gasteiger partial charge in [-0.05, 0) is 60.9 Å². The lowest BCUT2D eigenvalue weighted by molar-refractivity contribution is -0.132. The van der Waals surface area contributed by atoms with Gasteiger partial charge in [-0.25, -0.2) is 9.78 Å². The van der Waals surface area contributed by atoms with Gasteiger partial charge in [0.2, 0.25) is 0 Å². The minimum atomic E-state index is -1.11. The van der Waals surface area contributed by atoms with Crippen LogP contribution in [0.25, 0.3) is 5.76 Å². The average molecular weight is 641 g/mol. The van der Waals surface area contributed by atoms with E-state index < -0.39 is 23.7 Å². The Morgan fingerprint density at radius 1 is 1.00 bits per heavy atom. The number of aryl methyl sites for hydroxylation is 2. The number of thiazole rings is 1. The number of aliphatic hydroxyl groups is 1. The van der Waals surface area contributed by atoms with E-state index in [9.17, 15) is 19.5 Å². The third-order valence-corrected chi connectivity index (χ3v) is 8.50. The summed E-state index contributed by atoms with van der Waals surface area (Å²) in [5.74, 6) is -1.45. The van der Waals surface area contributed by atoms with Crippen molar-refractivity contribution in [3.63, 3.8) is 0 Å². The van der Waals surface area contributed by atoms with Gasteiger partial charge in [0.15, 0.2) is 16.6 Å². The summed E-state index contributed by atoms with van der Waals surface area (Å²) in [5.41, 5.74) is 2.65. The van der Waals surface area contributed by atoms with Crippen LogP contribution in [0.2, 0.25) is 0 Å². The third kappa shape index (κ3) is 6.22. The number of esters is 1. The third-order valence-electron chi connectivity index (χ3n) is 7.36. The van der Waals surface area contributed by atoms with Crippen molar-refractivity contribution in [1.29, 1.82) is 0 Å². The molecule has 0 bridgehead atoms. The Hall–Kier alpha value is -5.42. The minimum Gasteiger partial charge on any atom is -0.507 e. The van der Waals surface area contributed by atoms with E-state index in [2.05, 4.69) is 11.6 Å².